The first-order valence-electron chi connectivity index (χ1n) is 4.86. The molecule has 1 atom stereocenters. The largest absolute Gasteiger partial charge is 0.447 e. The summed E-state index contributed by atoms with van der Waals surface area (Å²) in [6, 6.07) is 1.04. The van der Waals surface area contributed by atoms with Crippen LogP contribution in [0.25, 0.3) is 0 Å². The van der Waals surface area contributed by atoms with Gasteiger partial charge in [-0.05, 0) is 12.1 Å². The van der Waals surface area contributed by atoms with E-state index in [1.165, 1.54) is 0 Å². The Morgan fingerprint density at radius 2 is 2.22 bits per heavy atom. The van der Waals surface area contributed by atoms with Gasteiger partial charge < -0.3 is 15.4 Å². The fourth-order valence-electron chi connectivity index (χ4n) is 1.37. The van der Waals surface area contributed by atoms with E-state index >= 15 is 0 Å². The lowest BCUT2D eigenvalue weighted by Gasteiger charge is -2.10. The van der Waals surface area contributed by atoms with Crippen molar-refractivity contribution in [2.45, 2.75) is 6.04 Å². The van der Waals surface area contributed by atoms with Crippen LogP contribution in [0.4, 0.5) is 19.3 Å². The normalized spacial score (nSPS) is 18.2. The van der Waals surface area contributed by atoms with E-state index in [1.807, 2.05) is 0 Å². The Bertz CT molecular complexity index is 524. The second-order valence-corrected chi connectivity index (χ2v) is 3.89. The molecule has 1 aliphatic heterocycles. The Labute approximate surface area is 105 Å². The van der Waals surface area contributed by atoms with Crippen LogP contribution in [-0.2, 0) is 9.53 Å². The van der Waals surface area contributed by atoms with Crippen molar-refractivity contribution in [2.24, 2.45) is 0 Å². The number of hydrogen-bond acceptors (Lipinski definition) is 3. The standard InChI is InChI=1S/C10H7ClF2N2O3/c11-7-4(12)1-2-5(8(7)13)14-9(16)6-3-18-10(17)15-6/h1-2,6H,3H2,(H,14,16)(H,15,17). The zero-order chi connectivity index (χ0) is 13.3. The van der Waals surface area contributed by atoms with E-state index in [1.54, 1.807) is 0 Å². The Morgan fingerprint density at radius 1 is 1.50 bits per heavy atom. The van der Waals surface area contributed by atoms with E-state index in [0.29, 0.717) is 0 Å². The zero-order valence-corrected chi connectivity index (χ0v) is 9.55. The SMILES string of the molecule is O=C1NC(C(=O)Nc2ccc(F)c(Cl)c2F)CO1. The van der Waals surface area contributed by atoms with Gasteiger partial charge in [0.25, 0.3) is 5.91 Å². The van der Waals surface area contributed by atoms with Gasteiger partial charge in [0, 0.05) is 0 Å². The van der Waals surface area contributed by atoms with Crippen LogP contribution in [0.5, 0.6) is 0 Å². The minimum atomic E-state index is -1.07. The second-order valence-electron chi connectivity index (χ2n) is 3.51. The maximum Gasteiger partial charge on any atom is 0.407 e. The lowest BCUT2D eigenvalue weighted by atomic mass is 10.2. The van der Waals surface area contributed by atoms with Crippen LogP contribution in [0, 0.1) is 11.6 Å². The van der Waals surface area contributed by atoms with E-state index in [2.05, 4.69) is 15.4 Å². The summed E-state index contributed by atoms with van der Waals surface area (Å²) >= 11 is 5.35. The molecule has 96 valence electrons. The molecule has 0 bridgehead atoms. The number of rotatable bonds is 2. The quantitative estimate of drug-likeness (QED) is 0.808. The first-order valence-corrected chi connectivity index (χ1v) is 5.24. The van der Waals surface area contributed by atoms with Gasteiger partial charge in [-0.15, -0.1) is 0 Å². The predicted octanol–water partition coefficient (Wildman–Crippen LogP) is 1.67. The van der Waals surface area contributed by atoms with Gasteiger partial charge in [-0.3, -0.25) is 4.79 Å². The zero-order valence-electron chi connectivity index (χ0n) is 8.80. The topological polar surface area (TPSA) is 67.4 Å². The summed E-state index contributed by atoms with van der Waals surface area (Å²) < 4.78 is 30.9. The van der Waals surface area contributed by atoms with Gasteiger partial charge in [-0.25, -0.2) is 13.6 Å². The third kappa shape index (κ3) is 2.35. The van der Waals surface area contributed by atoms with E-state index < -0.39 is 34.7 Å². The van der Waals surface area contributed by atoms with Crippen molar-refractivity contribution in [1.82, 2.24) is 5.32 Å². The molecule has 2 amide bonds. The van der Waals surface area contributed by atoms with Gasteiger partial charge in [-0.1, -0.05) is 11.6 Å². The number of ether oxygens (including phenoxy) is 1. The molecule has 8 heteroatoms. The maximum absolute atomic E-state index is 13.5. The van der Waals surface area contributed by atoms with Crippen molar-refractivity contribution in [3.8, 4) is 0 Å². The number of alkyl carbamates (subject to hydrolysis) is 1. The van der Waals surface area contributed by atoms with E-state index in [4.69, 9.17) is 11.6 Å². The molecule has 1 aromatic carbocycles. The lowest BCUT2D eigenvalue weighted by Crippen LogP contribution is -2.38. The first-order chi connectivity index (χ1) is 8.49. The Morgan fingerprint density at radius 3 is 2.83 bits per heavy atom. The summed E-state index contributed by atoms with van der Waals surface area (Å²) in [7, 11) is 0. The van der Waals surface area contributed by atoms with Crippen LogP contribution in [0.2, 0.25) is 5.02 Å². The van der Waals surface area contributed by atoms with Crippen molar-refractivity contribution in [2.75, 3.05) is 11.9 Å². The molecule has 0 saturated carbocycles. The number of carbonyl (C=O) groups is 2. The van der Waals surface area contributed by atoms with Crippen LogP contribution in [0.3, 0.4) is 0 Å². The molecule has 5 nitrogen and oxygen atoms in total. The fourth-order valence-corrected chi connectivity index (χ4v) is 1.53. The van der Waals surface area contributed by atoms with Gasteiger partial charge in [0.15, 0.2) is 5.82 Å². The Balaban J connectivity index is 2.12. The summed E-state index contributed by atoms with van der Waals surface area (Å²) in [6.07, 6.45) is -0.729. The highest BCUT2D eigenvalue weighted by Gasteiger charge is 2.29. The minimum absolute atomic E-state index is 0.152. The molecule has 0 aromatic heterocycles. The third-order valence-corrected chi connectivity index (χ3v) is 2.63. The molecule has 1 aliphatic rings. The monoisotopic (exact) mass is 276 g/mol. The van der Waals surface area contributed by atoms with Gasteiger partial charge in [-0.2, -0.15) is 0 Å². The van der Waals surface area contributed by atoms with Gasteiger partial charge in [0.2, 0.25) is 0 Å². The summed E-state index contributed by atoms with van der Waals surface area (Å²) in [5, 5.41) is 3.69. The number of nitrogens with one attached hydrogen (secondary N) is 2. The van der Waals surface area contributed by atoms with Crippen LogP contribution in [0.15, 0.2) is 12.1 Å². The molecular formula is C10H7ClF2N2O3. The second kappa shape index (κ2) is 4.77. The number of carbonyl (C=O) groups excluding carboxylic acids is 2. The summed E-state index contributed by atoms with van der Waals surface area (Å²) in [6.45, 7) is -0.152. The highest BCUT2D eigenvalue weighted by atomic mass is 35.5. The van der Waals surface area contributed by atoms with E-state index in [9.17, 15) is 18.4 Å². The number of cyclic esters (lactones) is 1. The Kier molecular flexibility index (Phi) is 3.33. The average Bonchev–Trinajstić information content (AvgIpc) is 2.77. The summed E-state index contributed by atoms with van der Waals surface area (Å²) in [5.41, 5.74) is -0.271. The summed E-state index contributed by atoms with van der Waals surface area (Å²) in [5.74, 6) is -2.68. The third-order valence-electron chi connectivity index (χ3n) is 2.28. The minimum Gasteiger partial charge on any atom is -0.447 e. The maximum atomic E-state index is 13.5. The van der Waals surface area contributed by atoms with Crippen molar-refractivity contribution in [3.63, 3.8) is 0 Å². The van der Waals surface area contributed by atoms with Gasteiger partial charge in [0.05, 0.1) is 5.69 Å². The Hall–Kier alpha value is -1.89. The molecule has 0 aliphatic carbocycles. The number of benzene rings is 1. The molecule has 0 radical (unpaired) electrons. The smallest absolute Gasteiger partial charge is 0.407 e. The molecule has 18 heavy (non-hydrogen) atoms. The van der Waals surface area contributed by atoms with Crippen LogP contribution >= 0.6 is 11.6 Å². The molecule has 1 fully saturated rings. The number of amides is 2. The van der Waals surface area contributed by atoms with Crippen molar-refractivity contribution >= 4 is 29.3 Å². The number of hydrogen-bond donors (Lipinski definition) is 2. The molecule has 2 N–H and O–H groups in total. The predicted molar refractivity (Wildman–Crippen MR) is 58.3 cm³/mol. The molecule has 2 rings (SSSR count). The van der Waals surface area contributed by atoms with Crippen molar-refractivity contribution < 1.29 is 23.1 Å². The van der Waals surface area contributed by atoms with Crippen molar-refractivity contribution in [3.05, 3.63) is 28.8 Å². The number of anilines is 1. The van der Waals surface area contributed by atoms with E-state index in [0.717, 1.165) is 12.1 Å². The van der Waals surface area contributed by atoms with Crippen LogP contribution in [0.1, 0.15) is 0 Å². The fraction of sp³-hybridized carbons (Fsp3) is 0.200. The highest BCUT2D eigenvalue weighted by Crippen LogP contribution is 2.25. The lowest BCUT2D eigenvalue weighted by molar-refractivity contribution is -0.117. The molecule has 1 saturated heterocycles. The number of halogens is 3. The molecule has 1 unspecified atom stereocenters. The van der Waals surface area contributed by atoms with Gasteiger partial charge >= 0.3 is 6.09 Å². The van der Waals surface area contributed by atoms with Crippen LogP contribution in [-0.4, -0.2) is 24.6 Å². The average molecular weight is 277 g/mol. The van der Waals surface area contributed by atoms with Crippen LogP contribution < -0.4 is 10.6 Å². The first kappa shape index (κ1) is 12.6. The molecule has 1 heterocycles. The highest BCUT2D eigenvalue weighted by molar-refractivity contribution is 6.31. The molecule has 1 aromatic rings. The summed E-state index contributed by atoms with van der Waals surface area (Å²) in [4.78, 5) is 22.3. The molecule has 0 spiro atoms. The van der Waals surface area contributed by atoms with E-state index in [-0.39, 0.29) is 12.3 Å². The van der Waals surface area contributed by atoms with Crippen molar-refractivity contribution in [1.29, 1.82) is 0 Å². The molecular weight excluding hydrogens is 270 g/mol. The van der Waals surface area contributed by atoms with Gasteiger partial charge in [0.1, 0.15) is 23.5 Å².